The molecule has 2 amide bonds. The molecule has 0 aliphatic carbocycles. The van der Waals surface area contributed by atoms with E-state index in [1.807, 2.05) is 73.1 Å². The highest BCUT2D eigenvalue weighted by Gasteiger charge is 2.39. The Hall–Kier alpha value is -5.12. The molecule has 5 rings (SSSR count). The van der Waals surface area contributed by atoms with Crippen LogP contribution >= 0.6 is 0 Å². The lowest BCUT2D eigenvalue weighted by Crippen LogP contribution is -2.48. The zero-order valence-corrected chi connectivity index (χ0v) is 23.2. The van der Waals surface area contributed by atoms with Crippen LogP contribution < -0.4 is 14.4 Å². The van der Waals surface area contributed by atoms with Crippen molar-refractivity contribution in [1.82, 2.24) is 9.47 Å². The number of nitro benzene ring substituents is 1. The van der Waals surface area contributed by atoms with Gasteiger partial charge in [0.1, 0.15) is 24.1 Å². The van der Waals surface area contributed by atoms with Crippen LogP contribution in [0.5, 0.6) is 11.5 Å². The summed E-state index contributed by atoms with van der Waals surface area (Å²) in [6.45, 7) is 3.44. The number of hydrogen-bond acceptors (Lipinski definition) is 6. The fraction of sp³-hybridized carbons (Fsp3) is 0.226. The van der Waals surface area contributed by atoms with Crippen molar-refractivity contribution in [3.8, 4) is 17.2 Å². The summed E-state index contributed by atoms with van der Waals surface area (Å²) in [6, 6.07) is 21.5. The second-order valence-electron chi connectivity index (χ2n) is 9.90. The molecule has 1 aromatic heterocycles. The summed E-state index contributed by atoms with van der Waals surface area (Å²) in [4.78, 5) is 41.7. The van der Waals surface area contributed by atoms with Crippen LogP contribution in [0.25, 0.3) is 5.69 Å². The molecule has 0 bridgehead atoms. The van der Waals surface area contributed by atoms with Gasteiger partial charge in [-0.05, 0) is 68.4 Å². The van der Waals surface area contributed by atoms with E-state index < -0.39 is 16.9 Å². The number of para-hydroxylation sites is 2. The lowest BCUT2D eigenvalue weighted by molar-refractivity contribution is -0.384. The van der Waals surface area contributed by atoms with Gasteiger partial charge in [-0.15, -0.1) is 0 Å². The molecular weight excluding hydrogens is 524 g/mol. The molecule has 10 heteroatoms. The van der Waals surface area contributed by atoms with Crippen molar-refractivity contribution >= 4 is 23.2 Å². The number of anilines is 1. The van der Waals surface area contributed by atoms with Gasteiger partial charge < -0.3 is 18.9 Å². The third-order valence-corrected chi connectivity index (χ3v) is 7.23. The first kappa shape index (κ1) is 27.4. The largest absolute Gasteiger partial charge is 0.497 e. The van der Waals surface area contributed by atoms with Crippen molar-refractivity contribution in [2.45, 2.75) is 25.9 Å². The number of non-ortho nitro benzene ring substituents is 1. The van der Waals surface area contributed by atoms with Gasteiger partial charge in [0.15, 0.2) is 0 Å². The summed E-state index contributed by atoms with van der Waals surface area (Å²) in [5, 5.41) is 11.1. The fourth-order valence-electron chi connectivity index (χ4n) is 5.21. The number of methoxy groups -OCH3 is 2. The molecule has 1 aliphatic heterocycles. The van der Waals surface area contributed by atoms with Gasteiger partial charge in [0.25, 0.3) is 11.6 Å². The van der Waals surface area contributed by atoms with Crippen LogP contribution in [0.3, 0.4) is 0 Å². The molecule has 2 heterocycles. The van der Waals surface area contributed by atoms with Crippen LogP contribution in [0.15, 0.2) is 85.1 Å². The minimum Gasteiger partial charge on any atom is -0.497 e. The van der Waals surface area contributed by atoms with Gasteiger partial charge in [0, 0.05) is 35.5 Å². The Morgan fingerprint density at radius 2 is 1.66 bits per heavy atom. The summed E-state index contributed by atoms with van der Waals surface area (Å²) in [6.07, 6.45) is 1.95. The zero-order valence-electron chi connectivity index (χ0n) is 23.2. The second-order valence-corrected chi connectivity index (χ2v) is 9.90. The number of ether oxygens (including phenoxy) is 2. The van der Waals surface area contributed by atoms with Crippen LogP contribution in [-0.2, 0) is 4.79 Å². The van der Waals surface area contributed by atoms with Crippen LogP contribution in [-0.4, -0.2) is 53.0 Å². The Morgan fingerprint density at radius 3 is 2.29 bits per heavy atom. The molecule has 0 saturated heterocycles. The molecular formula is C31H30N4O6. The molecule has 0 N–H and O–H groups in total. The van der Waals surface area contributed by atoms with Crippen molar-refractivity contribution in [3.05, 3.63) is 112 Å². The number of aromatic nitrogens is 1. The molecule has 1 unspecified atom stereocenters. The maximum atomic E-state index is 14.4. The van der Waals surface area contributed by atoms with Crippen molar-refractivity contribution in [2.24, 2.45) is 0 Å². The van der Waals surface area contributed by atoms with Gasteiger partial charge in [-0.1, -0.05) is 12.1 Å². The smallest absolute Gasteiger partial charge is 0.269 e. The maximum absolute atomic E-state index is 14.4. The zero-order chi connectivity index (χ0) is 29.3. The minimum absolute atomic E-state index is 0.114. The molecule has 3 aromatic carbocycles. The molecule has 0 fully saturated rings. The van der Waals surface area contributed by atoms with Crippen LogP contribution in [0.2, 0.25) is 0 Å². The maximum Gasteiger partial charge on any atom is 0.269 e. The summed E-state index contributed by atoms with van der Waals surface area (Å²) in [5.41, 5.74) is 3.24. The molecule has 1 aliphatic rings. The molecule has 1 atom stereocenters. The lowest BCUT2D eigenvalue weighted by atomic mass is 9.96. The second kappa shape index (κ2) is 11.2. The highest BCUT2D eigenvalue weighted by atomic mass is 16.6. The van der Waals surface area contributed by atoms with Crippen molar-refractivity contribution in [2.75, 3.05) is 25.7 Å². The Kier molecular flexibility index (Phi) is 7.47. The summed E-state index contributed by atoms with van der Waals surface area (Å²) >= 11 is 0. The Morgan fingerprint density at radius 1 is 0.951 bits per heavy atom. The molecule has 0 radical (unpaired) electrons. The van der Waals surface area contributed by atoms with E-state index in [1.54, 1.807) is 25.2 Å². The van der Waals surface area contributed by atoms with E-state index in [0.717, 1.165) is 16.9 Å². The van der Waals surface area contributed by atoms with E-state index in [0.29, 0.717) is 17.2 Å². The first-order chi connectivity index (χ1) is 19.7. The van der Waals surface area contributed by atoms with Crippen LogP contribution in [0, 0.1) is 10.1 Å². The molecule has 0 saturated carbocycles. The van der Waals surface area contributed by atoms with Gasteiger partial charge in [0.2, 0.25) is 5.91 Å². The Labute approximate surface area is 237 Å². The lowest BCUT2D eigenvalue weighted by Gasteiger charge is -2.40. The predicted molar refractivity (Wildman–Crippen MR) is 154 cm³/mol. The van der Waals surface area contributed by atoms with Crippen molar-refractivity contribution in [3.63, 3.8) is 0 Å². The topological polar surface area (TPSA) is 107 Å². The van der Waals surface area contributed by atoms with E-state index in [2.05, 4.69) is 0 Å². The van der Waals surface area contributed by atoms with Crippen molar-refractivity contribution in [1.29, 1.82) is 0 Å². The SMILES string of the molecule is COc1ccc(OC)c(C2c3cccn3-c3ccccc3N2C(=O)CN(C(=O)c2ccc([N+](=O)[O-])cc2)C(C)C)c1. The van der Waals surface area contributed by atoms with Gasteiger partial charge in [-0.2, -0.15) is 0 Å². The predicted octanol–water partition coefficient (Wildman–Crippen LogP) is 5.39. The highest BCUT2D eigenvalue weighted by molar-refractivity contribution is 6.03. The number of carbonyl (C=O) groups is 2. The number of hydrogen-bond donors (Lipinski definition) is 0. The third-order valence-electron chi connectivity index (χ3n) is 7.23. The normalized spacial score (nSPS) is 13.8. The standard InChI is InChI=1S/C31H30N4O6/c1-20(2)33(31(37)21-11-13-22(14-12-21)35(38)39)19-29(36)34-26-9-6-5-8-25(26)32-17-7-10-27(32)30(34)24-18-23(40-3)15-16-28(24)41-4/h5-18,20,30H,19H2,1-4H3. The molecule has 10 nitrogen and oxygen atoms in total. The monoisotopic (exact) mass is 554 g/mol. The van der Waals surface area contributed by atoms with Crippen molar-refractivity contribution < 1.29 is 24.0 Å². The molecule has 210 valence electrons. The number of nitrogens with zero attached hydrogens (tertiary/aromatic N) is 4. The first-order valence-electron chi connectivity index (χ1n) is 13.1. The number of amides is 2. The number of nitro groups is 1. The highest BCUT2D eigenvalue weighted by Crippen LogP contribution is 2.45. The Balaban J connectivity index is 1.59. The average Bonchev–Trinajstić information content (AvgIpc) is 3.48. The summed E-state index contributed by atoms with van der Waals surface area (Å²) < 4.78 is 13.3. The van der Waals surface area contributed by atoms with E-state index in [9.17, 15) is 19.7 Å². The van der Waals surface area contributed by atoms with E-state index in [1.165, 1.54) is 29.2 Å². The number of rotatable bonds is 8. The quantitative estimate of drug-likeness (QED) is 0.214. The van der Waals surface area contributed by atoms with Gasteiger partial charge >= 0.3 is 0 Å². The Bertz CT molecular complexity index is 1610. The fourth-order valence-corrected chi connectivity index (χ4v) is 5.21. The minimum atomic E-state index is -0.582. The molecule has 41 heavy (non-hydrogen) atoms. The molecule has 4 aromatic rings. The third kappa shape index (κ3) is 5.00. The van der Waals surface area contributed by atoms with Gasteiger partial charge in [0.05, 0.1) is 36.2 Å². The van der Waals surface area contributed by atoms with Gasteiger partial charge in [-0.25, -0.2) is 0 Å². The van der Waals surface area contributed by atoms with Crippen LogP contribution in [0.4, 0.5) is 11.4 Å². The first-order valence-corrected chi connectivity index (χ1v) is 13.1. The van der Waals surface area contributed by atoms with E-state index in [4.69, 9.17) is 9.47 Å². The van der Waals surface area contributed by atoms with Crippen LogP contribution in [0.1, 0.15) is 41.5 Å². The number of fused-ring (bicyclic) bond motifs is 3. The summed E-state index contributed by atoms with van der Waals surface area (Å²) in [7, 11) is 3.16. The number of carbonyl (C=O) groups excluding carboxylic acids is 2. The average molecular weight is 555 g/mol. The number of benzene rings is 3. The van der Waals surface area contributed by atoms with Gasteiger partial charge in [-0.3, -0.25) is 24.6 Å². The van der Waals surface area contributed by atoms with E-state index in [-0.39, 0.29) is 29.7 Å². The molecule has 0 spiro atoms. The van der Waals surface area contributed by atoms with E-state index >= 15 is 0 Å². The summed E-state index contributed by atoms with van der Waals surface area (Å²) in [5.74, 6) is 0.502.